The summed E-state index contributed by atoms with van der Waals surface area (Å²) < 4.78 is 0. The maximum absolute atomic E-state index is 13.3. The molecule has 0 fully saturated rings. The van der Waals surface area contributed by atoms with Gasteiger partial charge >= 0.3 is 0 Å². The number of amides is 3. The van der Waals surface area contributed by atoms with E-state index in [1.165, 1.54) is 36.0 Å². The van der Waals surface area contributed by atoms with Gasteiger partial charge in [0.2, 0.25) is 5.91 Å². The highest BCUT2D eigenvalue weighted by atomic mass is 32.2. The minimum Gasteiger partial charge on any atom is -0.321 e. The molecule has 0 aliphatic carbocycles. The minimum absolute atomic E-state index is 0.115. The van der Waals surface area contributed by atoms with Gasteiger partial charge in [0.15, 0.2) is 0 Å². The lowest BCUT2D eigenvalue weighted by molar-refractivity contribution is -0.385. The van der Waals surface area contributed by atoms with Crippen molar-refractivity contribution in [2.45, 2.75) is 4.90 Å². The molecule has 4 rings (SSSR count). The molecule has 4 aromatic rings. The van der Waals surface area contributed by atoms with Crippen LogP contribution in [0.5, 0.6) is 0 Å². The number of nitrogens with one attached hydrogen (secondary N) is 3. The summed E-state index contributed by atoms with van der Waals surface area (Å²) in [6, 6.07) is 26.2. The van der Waals surface area contributed by atoms with E-state index in [1.807, 2.05) is 0 Å². The Kier molecular flexibility index (Phi) is 9.35. The molecule has 200 valence electrons. The van der Waals surface area contributed by atoms with E-state index in [4.69, 9.17) is 0 Å². The lowest BCUT2D eigenvalue weighted by Crippen LogP contribution is -2.30. The second kappa shape index (κ2) is 13.5. The number of rotatable bonds is 10. The monoisotopic (exact) mass is 553 g/mol. The summed E-state index contributed by atoms with van der Waals surface area (Å²) in [5, 5.41) is 19.5. The molecule has 0 spiro atoms. The number of aromatic nitrogens is 1. The number of nitro benzene ring substituents is 1. The van der Waals surface area contributed by atoms with E-state index in [9.17, 15) is 24.5 Å². The molecule has 1 heterocycles. The van der Waals surface area contributed by atoms with Gasteiger partial charge in [-0.1, -0.05) is 42.5 Å². The Bertz CT molecular complexity index is 1560. The summed E-state index contributed by atoms with van der Waals surface area (Å²) in [7, 11) is 0. The average Bonchev–Trinajstić information content (AvgIpc) is 2.97. The van der Waals surface area contributed by atoms with Crippen LogP contribution in [0.25, 0.3) is 6.08 Å². The summed E-state index contributed by atoms with van der Waals surface area (Å²) in [6.45, 7) is 0. The molecule has 0 atom stereocenters. The van der Waals surface area contributed by atoms with E-state index < -0.39 is 16.7 Å². The molecule has 0 saturated heterocycles. The summed E-state index contributed by atoms with van der Waals surface area (Å²) in [4.78, 5) is 54.1. The smallest absolute Gasteiger partial charge is 0.276 e. The molecule has 11 heteroatoms. The quantitative estimate of drug-likeness (QED) is 0.107. The Morgan fingerprint density at radius 3 is 2.38 bits per heavy atom. The second-order valence-electron chi connectivity index (χ2n) is 8.23. The molecule has 0 aliphatic heterocycles. The van der Waals surface area contributed by atoms with Gasteiger partial charge in [0.1, 0.15) is 11.5 Å². The number of carbonyl (C=O) groups is 3. The Balaban J connectivity index is 1.51. The largest absolute Gasteiger partial charge is 0.321 e. The highest BCUT2D eigenvalue weighted by Crippen LogP contribution is 2.24. The zero-order chi connectivity index (χ0) is 28.3. The van der Waals surface area contributed by atoms with Crippen molar-refractivity contribution in [3.8, 4) is 0 Å². The summed E-state index contributed by atoms with van der Waals surface area (Å²) in [5.74, 6) is -0.911. The van der Waals surface area contributed by atoms with E-state index >= 15 is 0 Å². The molecule has 40 heavy (non-hydrogen) atoms. The Morgan fingerprint density at radius 1 is 0.875 bits per heavy atom. The van der Waals surface area contributed by atoms with Crippen molar-refractivity contribution in [1.29, 1.82) is 0 Å². The number of nitrogens with zero attached hydrogens (tertiary/aromatic N) is 2. The lowest BCUT2D eigenvalue weighted by atomic mass is 10.1. The molecule has 0 aliphatic rings. The number of carbonyl (C=O) groups excluding carboxylic acids is 3. The van der Waals surface area contributed by atoms with Gasteiger partial charge < -0.3 is 16.0 Å². The van der Waals surface area contributed by atoms with Crippen molar-refractivity contribution in [3.05, 3.63) is 130 Å². The van der Waals surface area contributed by atoms with Crippen LogP contribution in [0.2, 0.25) is 0 Å². The third-order valence-corrected chi connectivity index (χ3v) is 6.35. The maximum atomic E-state index is 13.3. The van der Waals surface area contributed by atoms with Gasteiger partial charge in [0.25, 0.3) is 17.5 Å². The topological polar surface area (TPSA) is 143 Å². The van der Waals surface area contributed by atoms with Crippen LogP contribution in [0, 0.1) is 10.1 Å². The van der Waals surface area contributed by atoms with Crippen molar-refractivity contribution < 1.29 is 19.3 Å². The van der Waals surface area contributed by atoms with Crippen LogP contribution in [0.3, 0.4) is 0 Å². The molecule has 0 bridgehead atoms. The van der Waals surface area contributed by atoms with Crippen molar-refractivity contribution in [3.63, 3.8) is 0 Å². The fourth-order valence-electron chi connectivity index (χ4n) is 3.50. The molecule has 3 aromatic carbocycles. The first kappa shape index (κ1) is 27.7. The van der Waals surface area contributed by atoms with Crippen LogP contribution in [-0.4, -0.2) is 33.4 Å². The number of para-hydroxylation sites is 1. The molecular formula is C29H23N5O5S. The Morgan fingerprint density at radius 2 is 1.62 bits per heavy atom. The number of hydrogen-bond acceptors (Lipinski definition) is 7. The molecule has 1 aromatic heterocycles. The van der Waals surface area contributed by atoms with E-state index in [-0.39, 0.29) is 28.6 Å². The van der Waals surface area contributed by atoms with Crippen LogP contribution in [0.1, 0.15) is 15.9 Å². The Hall–Kier alpha value is -5.29. The van der Waals surface area contributed by atoms with Crippen LogP contribution in [0.15, 0.2) is 114 Å². The second-order valence-corrected chi connectivity index (χ2v) is 9.28. The van der Waals surface area contributed by atoms with Gasteiger partial charge in [-0.3, -0.25) is 24.5 Å². The van der Waals surface area contributed by atoms with Gasteiger partial charge in [-0.05, 0) is 54.6 Å². The highest BCUT2D eigenvalue weighted by molar-refractivity contribution is 8.00. The Labute approximate surface area is 233 Å². The van der Waals surface area contributed by atoms with Crippen LogP contribution in [0.4, 0.5) is 17.2 Å². The third-order valence-electron chi connectivity index (χ3n) is 5.36. The first-order chi connectivity index (χ1) is 19.4. The van der Waals surface area contributed by atoms with E-state index in [0.717, 1.165) is 0 Å². The third kappa shape index (κ3) is 7.85. The highest BCUT2D eigenvalue weighted by Gasteiger charge is 2.18. The predicted molar refractivity (Wildman–Crippen MR) is 154 cm³/mol. The van der Waals surface area contributed by atoms with Gasteiger partial charge in [0.05, 0.1) is 16.2 Å². The van der Waals surface area contributed by atoms with E-state index in [2.05, 4.69) is 20.9 Å². The standard InChI is InChI=1S/C29H23N5O5S/c35-27(33-26-15-6-7-16-30-26)19-40-23-13-8-12-22(18-23)31-29(37)24(32-28(36)20-9-2-1-3-10-20)17-21-11-4-5-14-25(21)34(38)39/h1-18H,19H2,(H,31,37)(H,32,36)(H,30,33,35)/b24-17+. The van der Waals surface area contributed by atoms with E-state index in [0.29, 0.717) is 22.0 Å². The average molecular weight is 554 g/mol. The van der Waals surface area contributed by atoms with Crippen molar-refractivity contribution in [1.82, 2.24) is 10.3 Å². The van der Waals surface area contributed by atoms with Crippen LogP contribution >= 0.6 is 11.8 Å². The summed E-state index contributed by atoms with van der Waals surface area (Å²) >= 11 is 1.26. The van der Waals surface area contributed by atoms with Gasteiger partial charge in [0, 0.05) is 28.4 Å². The molecule has 0 radical (unpaired) electrons. The first-order valence-electron chi connectivity index (χ1n) is 12.0. The zero-order valence-corrected chi connectivity index (χ0v) is 21.8. The molecule has 10 nitrogen and oxygen atoms in total. The van der Waals surface area contributed by atoms with Crippen LogP contribution in [-0.2, 0) is 9.59 Å². The van der Waals surface area contributed by atoms with Gasteiger partial charge in [-0.15, -0.1) is 11.8 Å². The van der Waals surface area contributed by atoms with Crippen molar-refractivity contribution in [2.75, 3.05) is 16.4 Å². The van der Waals surface area contributed by atoms with Crippen LogP contribution < -0.4 is 16.0 Å². The molecular weight excluding hydrogens is 530 g/mol. The zero-order valence-electron chi connectivity index (χ0n) is 20.9. The number of thioether (sulfide) groups is 1. The predicted octanol–water partition coefficient (Wildman–Crippen LogP) is 5.13. The molecule has 3 amide bonds. The number of anilines is 2. The molecule has 3 N–H and O–H groups in total. The van der Waals surface area contributed by atoms with Crippen molar-refractivity contribution >= 4 is 52.8 Å². The number of benzene rings is 3. The van der Waals surface area contributed by atoms with Gasteiger partial charge in [-0.2, -0.15) is 0 Å². The summed E-state index contributed by atoms with van der Waals surface area (Å²) in [5.41, 5.74) is 0.461. The fraction of sp³-hybridized carbons (Fsp3) is 0.0345. The molecule has 0 saturated carbocycles. The SMILES string of the molecule is O=C(CSc1cccc(NC(=O)/C(=C\c2ccccc2[N+](=O)[O-])NC(=O)c2ccccc2)c1)Nc1ccccn1. The normalized spacial score (nSPS) is 10.8. The lowest BCUT2D eigenvalue weighted by Gasteiger charge is -2.12. The fourth-order valence-corrected chi connectivity index (χ4v) is 4.26. The van der Waals surface area contributed by atoms with Crippen molar-refractivity contribution in [2.24, 2.45) is 0 Å². The molecule has 0 unspecified atom stereocenters. The number of hydrogen-bond donors (Lipinski definition) is 3. The minimum atomic E-state index is -0.683. The first-order valence-corrected chi connectivity index (χ1v) is 12.9. The number of nitro groups is 1. The summed E-state index contributed by atoms with van der Waals surface area (Å²) in [6.07, 6.45) is 2.84. The van der Waals surface area contributed by atoms with Gasteiger partial charge in [-0.25, -0.2) is 4.98 Å². The maximum Gasteiger partial charge on any atom is 0.276 e. The number of pyridine rings is 1. The van der Waals surface area contributed by atoms with E-state index in [1.54, 1.807) is 85.1 Å².